The zero-order chi connectivity index (χ0) is 46.0. The van der Waals surface area contributed by atoms with Gasteiger partial charge in [-0.05, 0) is 80.8 Å². The smallest absolute Gasteiger partial charge is 0.339 e. The molecule has 5 aromatic rings. The number of esters is 1. The van der Waals surface area contributed by atoms with Crippen LogP contribution < -0.4 is 20.7 Å². The van der Waals surface area contributed by atoms with Crippen molar-refractivity contribution in [1.29, 1.82) is 5.26 Å². The van der Waals surface area contributed by atoms with E-state index in [4.69, 9.17) is 32.7 Å². The monoisotopic (exact) mass is 900 g/mol. The number of hydrogen-bond acceptors (Lipinski definition) is 12. The summed E-state index contributed by atoms with van der Waals surface area (Å²) < 4.78 is 79.9. The van der Waals surface area contributed by atoms with Crippen molar-refractivity contribution in [3.63, 3.8) is 0 Å². The molecule has 64 heavy (non-hydrogen) atoms. The Labute approximate surface area is 371 Å². The maximum absolute atomic E-state index is 16.7. The van der Waals surface area contributed by atoms with Crippen molar-refractivity contribution in [2.24, 2.45) is 0 Å². The van der Waals surface area contributed by atoms with Crippen LogP contribution >= 0.6 is 8.53 Å². The molecular formula is C47H51F2N4O10P. The summed E-state index contributed by atoms with van der Waals surface area (Å²) in [5, 5.41) is 9.48. The quantitative estimate of drug-likeness (QED) is 0.0347. The number of nitrogens with zero attached hydrogens (tertiary/aromatic N) is 3. The fourth-order valence-corrected chi connectivity index (χ4v) is 9.60. The van der Waals surface area contributed by atoms with Crippen molar-refractivity contribution in [2.45, 2.75) is 82.3 Å². The number of H-pyrrole nitrogens is 1. The van der Waals surface area contributed by atoms with Crippen molar-refractivity contribution in [1.82, 2.24) is 14.2 Å². The molecule has 1 aliphatic heterocycles. The highest BCUT2D eigenvalue weighted by Gasteiger charge is 2.68. The van der Waals surface area contributed by atoms with Crippen LogP contribution in [0.2, 0.25) is 0 Å². The number of carbonyl (C=O) groups excluding carboxylic acids is 1. The third-order valence-corrected chi connectivity index (χ3v) is 12.8. The minimum atomic E-state index is -3.61. The van der Waals surface area contributed by atoms with Crippen LogP contribution in [0.3, 0.4) is 0 Å². The Morgan fingerprint density at radius 3 is 1.91 bits per heavy atom. The highest BCUT2D eigenvalue weighted by molar-refractivity contribution is 7.44. The second-order valence-electron chi connectivity index (χ2n) is 15.3. The van der Waals surface area contributed by atoms with Gasteiger partial charge in [-0.1, -0.05) is 72.8 Å². The number of benzene rings is 4. The average molecular weight is 901 g/mol. The fraction of sp³-hybridized carbons (Fsp3) is 0.362. The summed E-state index contributed by atoms with van der Waals surface area (Å²) in [5.74, 6) is -0.0425. The molecule has 0 saturated carbocycles. The number of carbonyl (C=O) groups is 1. The summed E-state index contributed by atoms with van der Waals surface area (Å²) in [4.78, 5) is 42.3. The van der Waals surface area contributed by atoms with E-state index in [1.807, 2.05) is 93.0 Å². The molecule has 1 N–H and O–H groups in total. The van der Waals surface area contributed by atoms with E-state index in [0.717, 1.165) is 16.8 Å². The summed E-state index contributed by atoms with van der Waals surface area (Å²) in [7, 11) is 0.734. The highest BCUT2D eigenvalue weighted by Crippen LogP contribution is 2.56. The molecule has 2 heterocycles. The van der Waals surface area contributed by atoms with Crippen LogP contribution in [0.1, 0.15) is 67.4 Å². The second kappa shape index (κ2) is 21.3. The lowest BCUT2D eigenvalue weighted by Gasteiger charge is -2.42. The minimum absolute atomic E-state index is 0.0539. The first kappa shape index (κ1) is 47.7. The van der Waals surface area contributed by atoms with Gasteiger partial charge < -0.3 is 32.7 Å². The van der Waals surface area contributed by atoms with E-state index in [9.17, 15) is 19.6 Å². The number of nitriles is 1. The van der Waals surface area contributed by atoms with Gasteiger partial charge in [-0.2, -0.15) is 5.26 Å². The molecule has 0 bridgehead atoms. The molecule has 4 aromatic carbocycles. The van der Waals surface area contributed by atoms with Crippen molar-refractivity contribution < 1.29 is 46.3 Å². The number of aromatic amines is 1. The lowest BCUT2D eigenvalue weighted by atomic mass is 9.80. The molecule has 1 aromatic heterocycles. The SMILES string of the molecule is COc1ccc(C(OC[C@H]2O[C@@H](n3ccc(=O)[nH]c3=O)[C@](OC(=O)c3ccccc3)(C(F)F)[C@@H]2OP(OCCC#N)N(C(C)C)C(C)C)(c2ccccc2)c2ccc(OC)cc2)cc1. The Morgan fingerprint density at radius 2 is 1.41 bits per heavy atom. The molecule has 1 aliphatic rings. The maximum Gasteiger partial charge on any atom is 0.339 e. The van der Waals surface area contributed by atoms with Crippen molar-refractivity contribution >= 4 is 14.5 Å². The average Bonchev–Trinajstić information content (AvgIpc) is 3.59. The number of halogens is 2. The Hall–Kier alpha value is -5.79. The summed E-state index contributed by atoms with van der Waals surface area (Å²) >= 11 is 0. The molecule has 1 fully saturated rings. The normalized spacial score (nSPS) is 19.2. The van der Waals surface area contributed by atoms with Crippen molar-refractivity contribution in [2.75, 3.05) is 27.4 Å². The molecule has 5 atom stereocenters. The maximum atomic E-state index is 16.7. The molecule has 0 radical (unpaired) electrons. The lowest BCUT2D eigenvalue weighted by Crippen LogP contribution is -2.58. The number of ether oxygens (including phenoxy) is 5. The van der Waals surface area contributed by atoms with E-state index >= 15 is 8.78 Å². The highest BCUT2D eigenvalue weighted by atomic mass is 31.2. The van der Waals surface area contributed by atoms with Gasteiger partial charge >= 0.3 is 11.7 Å². The zero-order valence-electron chi connectivity index (χ0n) is 36.3. The topological polar surface area (TPSA) is 164 Å². The molecule has 14 nitrogen and oxygen atoms in total. The van der Waals surface area contributed by atoms with E-state index in [1.54, 1.807) is 44.6 Å². The van der Waals surface area contributed by atoms with Crippen LogP contribution in [0, 0.1) is 11.3 Å². The molecule has 6 rings (SSSR count). The standard InChI is InChI=1S/C47H51F2N4O10P/c1-31(2)53(32(3)4)64(60-29-13-27-50)63-41-39(61-44(52-28-26-40(54)51-45(52)56)47(41,43(48)49)62-42(55)33-14-9-7-10-15-33)30-59-46(34-16-11-8-12-17-34,35-18-22-37(57-5)23-19-35)36-20-24-38(58-6)25-21-36/h7-12,14-26,28,31-32,39,41,43-44H,13,29-30H2,1-6H3,(H,51,54,56)/t39-,41-,44-,47-,64?/m1/s1. The lowest BCUT2D eigenvalue weighted by molar-refractivity contribution is -0.185. The minimum Gasteiger partial charge on any atom is -0.497 e. The Balaban J connectivity index is 1.60. The number of hydrogen-bond donors (Lipinski definition) is 1. The van der Waals surface area contributed by atoms with Crippen molar-refractivity contribution in [3.8, 4) is 17.6 Å². The Bertz CT molecular complexity index is 2400. The van der Waals surface area contributed by atoms with E-state index in [2.05, 4.69) is 4.98 Å². The van der Waals surface area contributed by atoms with E-state index in [0.29, 0.717) is 28.2 Å². The summed E-state index contributed by atoms with van der Waals surface area (Å²) in [5.41, 5.74) is -4.75. The third kappa shape index (κ3) is 9.95. The summed E-state index contributed by atoms with van der Waals surface area (Å²) in [6.45, 7) is 6.81. The van der Waals surface area contributed by atoms with Crippen LogP contribution in [0.5, 0.6) is 11.5 Å². The van der Waals surface area contributed by atoms with Gasteiger partial charge in [0.15, 0.2) is 6.23 Å². The predicted octanol–water partition coefficient (Wildman–Crippen LogP) is 7.98. The van der Waals surface area contributed by atoms with Gasteiger partial charge in [-0.25, -0.2) is 23.0 Å². The largest absolute Gasteiger partial charge is 0.497 e. The molecule has 17 heteroatoms. The fourth-order valence-electron chi connectivity index (χ4n) is 7.80. The number of rotatable bonds is 20. The van der Waals surface area contributed by atoms with Gasteiger partial charge in [-0.3, -0.25) is 14.3 Å². The zero-order valence-corrected chi connectivity index (χ0v) is 37.2. The first-order valence-corrected chi connectivity index (χ1v) is 21.7. The number of aromatic nitrogens is 2. The Morgan fingerprint density at radius 1 is 0.859 bits per heavy atom. The predicted molar refractivity (Wildman–Crippen MR) is 234 cm³/mol. The van der Waals surface area contributed by atoms with Crippen LogP contribution in [0.4, 0.5) is 8.78 Å². The molecule has 0 aliphatic carbocycles. The first-order valence-electron chi connectivity index (χ1n) is 20.6. The molecule has 338 valence electrons. The molecule has 0 spiro atoms. The molecule has 0 amide bonds. The van der Waals surface area contributed by atoms with Crippen LogP contribution in [0.25, 0.3) is 0 Å². The Kier molecular flexibility index (Phi) is 15.8. The first-order chi connectivity index (χ1) is 30.8. The van der Waals surface area contributed by atoms with E-state index in [-0.39, 0.29) is 30.7 Å². The summed E-state index contributed by atoms with van der Waals surface area (Å²) in [6, 6.07) is 33.5. The van der Waals surface area contributed by atoms with E-state index < -0.39 is 68.4 Å². The van der Waals surface area contributed by atoms with E-state index in [1.165, 1.54) is 24.3 Å². The number of methoxy groups -OCH3 is 2. The summed E-state index contributed by atoms with van der Waals surface area (Å²) in [6.07, 6.45) is -8.29. The second-order valence-corrected chi connectivity index (χ2v) is 16.7. The molecule has 1 saturated heterocycles. The van der Waals surface area contributed by atoms with Crippen LogP contribution in [0.15, 0.2) is 131 Å². The van der Waals surface area contributed by atoms with Crippen molar-refractivity contribution in [3.05, 3.63) is 165 Å². The third-order valence-electron chi connectivity index (χ3n) is 10.7. The molecular weight excluding hydrogens is 850 g/mol. The number of alkyl halides is 2. The van der Waals surface area contributed by atoms with Gasteiger partial charge in [0.05, 0.1) is 45.5 Å². The van der Waals surface area contributed by atoms with Gasteiger partial charge in [-0.15, -0.1) is 0 Å². The number of nitrogens with one attached hydrogen (secondary N) is 1. The van der Waals surface area contributed by atoms with Gasteiger partial charge in [0.25, 0.3) is 20.5 Å². The van der Waals surface area contributed by atoms with Gasteiger partial charge in [0.1, 0.15) is 29.3 Å². The van der Waals surface area contributed by atoms with Crippen LogP contribution in [-0.2, 0) is 28.9 Å². The molecule has 1 unspecified atom stereocenters. The van der Waals surface area contributed by atoms with Gasteiger partial charge in [0.2, 0.25) is 5.60 Å². The van der Waals surface area contributed by atoms with Gasteiger partial charge in [0, 0.05) is 24.3 Å². The van der Waals surface area contributed by atoms with Crippen LogP contribution in [-0.4, -0.2) is 83.9 Å².